The summed E-state index contributed by atoms with van der Waals surface area (Å²) < 4.78 is 40.0. The Balaban J connectivity index is 2.83. The van der Waals surface area contributed by atoms with E-state index in [-0.39, 0.29) is 13.0 Å². The van der Waals surface area contributed by atoms with Gasteiger partial charge in [0.15, 0.2) is 0 Å². The topological polar surface area (TPSA) is 49.8 Å². The third-order valence-corrected chi connectivity index (χ3v) is 2.28. The Labute approximate surface area is 99.6 Å². The summed E-state index contributed by atoms with van der Waals surface area (Å²) in [6, 6.07) is -1.09. The van der Waals surface area contributed by atoms with Crippen LogP contribution in [0.1, 0.15) is 38.2 Å². The Morgan fingerprint density at radius 3 is 2.81 bits per heavy atom. The highest BCUT2D eigenvalue weighted by atomic mass is 19.1. The van der Waals surface area contributed by atoms with E-state index in [1.807, 2.05) is 0 Å². The normalized spacial score (nSPS) is 31.6. The standard InChI is InChI=1S/C11H20FNO3/c1-7(14)9-5-8(12)6-13(9)10(15)16-11(2,3)4/h7-9,14H,5-6H2,1-4H3/t7?,8-,9+/m1/s1/i1D3. The zero-order chi connectivity index (χ0) is 15.0. The number of alkyl halides is 1. The molecule has 1 unspecified atom stereocenters. The van der Waals surface area contributed by atoms with Crippen LogP contribution >= 0.6 is 0 Å². The highest BCUT2D eigenvalue weighted by Crippen LogP contribution is 2.25. The molecule has 3 atom stereocenters. The number of aliphatic hydroxyl groups excluding tert-OH is 1. The van der Waals surface area contributed by atoms with Gasteiger partial charge in [-0.2, -0.15) is 0 Å². The summed E-state index contributed by atoms with van der Waals surface area (Å²) in [5, 5.41) is 9.74. The predicted octanol–water partition coefficient (Wildman–Crippen LogP) is 1.71. The maximum Gasteiger partial charge on any atom is 0.410 e. The van der Waals surface area contributed by atoms with Crippen molar-refractivity contribution in [3.8, 4) is 0 Å². The van der Waals surface area contributed by atoms with Gasteiger partial charge in [-0.05, 0) is 27.6 Å². The molecule has 1 saturated heterocycles. The lowest BCUT2D eigenvalue weighted by Crippen LogP contribution is -2.44. The number of ether oxygens (including phenoxy) is 1. The second-order valence-electron chi connectivity index (χ2n) is 4.98. The van der Waals surface area contributed by atoms with Crippen LogP contribution in [0.3, 0.4) is 0 Å². The molecule has 4 nitrogen and oxygen atoms in total. The number of amides is 1. The van der Waals surface area contributed by atoms with Gasteiger partial charge in [-0.1, -0.05) is 0 Å². The van der Waals surface area contributed by atoms with E-state index in [4.69, 9.17) is 8.85 Å². The van der Waals surface area contributed by atoms with Gasteiger partial charge in [0.1, 0.15) is 11.8 Å². The van der Waals surface area contributed by atoms with Crippen LogP contribution in [0.25, 0.3) is 0 Å². The van der Waals surface area contributed by atoms with Gasteiger partial charge in [0.05, 0.1) is 18.7 Å². The van der Waals surface area contributed by atoms with Crippen LogP contribution in [-0.4, -0.2) is 46.6 Å². The summed E-state index contributed by atoms with van der Waals surface area (Å²) in [5.41, 5.74) is -0.763. The first-order valence-electron chi connectivity index (χ1n) is 6.73. The molecular formula is C11H20FNO3. The number of nitrogens with zero attached hydrogens (tertiary/aromatic N) is 1. The molecule has 1 amide bonds. The van der Waals surface area contributed by atoms with Gasteiger partial charge in [0.2, 0.25) is 0 Å². The molecule has 16 heavy (non-hydrogen) atoms. The summed E-state index contributed by atoms with van der Waals surface area (Å²) in [4.78, 5) is 12.9. The first-order chi connectivity index (χ1) is 8.42. The van der Waals surface area contributed by atoms with Gasteiger partial charge in [0, 0.05) is 10.5 Å². The van der Waals surface area contributed by atoms with E-state index >= 15 is 0 Å². The number of likely N-dealkylation sites (tertiary alicyclic amines) is 1. The fourth-order valence-corrected chi connectivity index (χ4v) is 1.64. The second-order valence-corrected chi connectivity index (χ2v) is 4.98. The van der Waals surface area contributed by atoms with Gasteiger partial charge in [-0.3, -0.25) is 4.90 Å². The fourth-order valence-electron chi connectivity index (χ4n) is 1.64. The van der Waals surface area contributed by atoms with Crippen LogP contribution in [0.5, 0.6) is 0 Å². The smallest absolute Gasteiger partial charge is 0.410 e. The largest absolute Gasteiger partial charge is 0.444 e. The Hall–Kier alpha value is -0.840. The molecule has 1 heterocycles. The number of hydrogen-bond acceptors (Lipinski definition) is 3. The van der Waals surface area contributed by atoms with Crippen LogP contribution in [0.2, 0.25) is 0 Å². The molecule has 0 spiro atoms. The molecule has 0 saturated carbocycles. The molecule has 1 aliphatic rings. The summed E-state index contributed by atoms with van der Waals surface area (Å²) in [5.74, 6) is 0. The summed E-state index contributed by atoms with van der Waals surface area (Å²) in [6.07, 6.45) is -4.13. The molecule has 5 heteroatoms. The Morgan fingerprint density at radius 1 is 1.69 bits per heavy atom. The van der Waals surface area contributed by atoms with E-state index in [0.29, 0.717) is 0 Å². The number of rotatable bonds is 1. The van der Waals surface area contributed by atoms with E-state index in [1.54, 1.807) is 20.8 Å². The molecule has 0 radical (unpaired) electrons. The molecule has 1 N–H and O–H groups in total. The predicted molar refractivity (Wildman–Crippen MR) is 57.9 cm³/mol. The Morgan fingerprint density at radius 2 is 2.31 bits per heavy atom. The minimum absolute atomic E-state index is 0.196. The minimum atomic E-state index is -2.66. The van der Waals surface area contributed by atoms with E-state index in [0.717, 1.165) is 4.90 Å². The van der Waals surface area contributed by atoms with Gasteiger partial charge in [0.25, 0.3) is 0 Å². The van der Waals surface area contributed by atoms with Crippen molar-refractivity contribution in [3.63, 3.8) is 0 Å². The van der Waals surface area contributed by atoms with Crippen LogP contribution in [0, 0.1) is 0 Å². The van der Waals surface area contributed by atoms with Crippen molar-refractivity contribution in [2.45, 2.75) is 58.0 Å². The summed E-state index contributed by atoms with van der Waals surface area (Å²) >= 11 is 0. The fraction of sp³-hybridized carbons (Fsp3) is 0.909. The van der Waals surface area contributed by atoms with Crippen LogP contribution in [0.4, 0.5) is 9.18 Å². The first-order valence-corrected chi connectivity index (χ1v) is 5.23. The van der Waals surface area contributed by atoms with E-state index in [9.17, 15) is 14.3 Å². The van der Waals surface area contributed by atoms with Crippen molar-refractivity contribution in [3.05, 3.63) is 0 Å². The van der Waals surface area contributed by atoms with Crippen molar-refractivity contribution in [1.82, 2.24) is 4.90 Å². The minimum Gasteiger partial charge on any atom is -0.444 e. The molecule has 1 aliphatic heterocycles. The maximum atomic E-state index is 13.4. The van der Waals surface area contributed by atoms with Crippen molar-refractivity contribution in [1.29, 1.82) is 0 Å². The number of hydrogen-bond donors (Lipinski definition) is 1. The molecule has 0 aromatic heterocycles. The van der Waals surface area contributed by atoms with E-state index in [1.165, 1.54) is 0 Å². The lowest BCUT2D eigenvalue weighted by atomic mass is 10.1. The molecule has 1 rings (SSSR count). The van der Waals surface area contributed by atoms with Crippen molar-refractivity contribution in [2.75, 3.05) is 6.54 Å². The van der Waals surface area contributed by atoms with Crippen molar-refractivity contribution < 1.29 is 23.1 Å². The highest BCUT2D eigenvalue weighted by molar-refractivity contribution is 5.69. The Bertz CT molecular complexity index is 343. The summed E-state index contributed by atoms with van der Waals surface area (Å²) in [6.45, 7) is 2.05. The number of carbonyl (C=O) groups excluding carboxylic acids is 1. The Kier molecular flexibility index (Phi) is 2.63. The monoisotopic (exact) mass is 236 g/mol. The van der Waals surface area contributed by atoms with Gasteiger partial charge in [-0.15, -0.1) is 0 Å². The third-order valence-electron chi connectivity index (χ3n) is 2.28. The molecule has 1 fully saturated rings. The second kappa shape index (κ2) is 4.57. The average Bonchev–Trinajstić information content (AvgIpc) is 2.55. The molecule has 0 bridgehead atoms. The SMILES string of the molecule is [2H]C([2H])([2H])C(O)[C@@H]1C[C@@H](F)CN1C(=O)OC(C)(C)C. The van der Waals surface area contributed by atoms with Crippen molar-refractivity contribution >= 4 is 6.09 Å². The van der Waals surface area contributed by atoms with Crippen LogP contribution in [-0.2, 0) is 4.74 Å². The van der Waals surface area contributed by atoms with Crippen LogP contribution in [0.15, 0.2) is 0 Å². The number of halogens is 1. The zero-order valence-electron chi connectivity index (χ0n) is 12.7. The maximum absolute atomic E-state index is 13.4. The highest BCUT2D eigenvalue weighted by Gasteiger charge is 2.39. The summed E-state index contributed by atoms with van der Waals surface area (Å²) in [7, 11) is 0. The van der Waals surface area contributed by atoms with Crippen molar-refractivity contribution in [2.24, 2.45) is 0 Å². The quantitative estimate of drug-likeness (QED) is 0.754. The average molecular weight is 236 g/mol. The van der Waals surface area contributed by atoms with E-state index in [2.05, 4.69) is 0 Å². The molecular weight excluding hydrogens is 213 g/mol. The van der Waals surface area contributed by atoms with E-state index < -0.39 is 36.9 Å². The van der Waals surface area contributed by atoms with Gasteiger partial charge >= 0.3 is 6.09 Å². The third kappa shape index (κ3) is 3.33. The molecule has 0 aliphatic carbocycles. The lowest BCUT2D eigenvalue weighted by Gasteiger charge is -2.29. The number of carbonyl (C=O) groups is 1. The molecule has 0 aromatic rings. The number of aliphatic hydroxyl groups is 1. The van der Waals surface area contributed by atoms with Gasteiger partial charge < -0.3 is 9.84 Å². The van der Waals surface area contributed by atoms with Crippen LogP contribution < -0.4 is 0 Å². The molecule has 0 aromatic carbocycles. The van der Waals surface area contributed by atoms with Gasteiger partial charge in [-0.25, -0.2) is 9.18 Å². The first kappa shape index (κ1) is 9.22. The lowest BCUT2D eigenvalue weighted by molar-refractivity contribution is 0.00771. The molecule has 94 valence electrons. The zero-order valence-corrected chi connectivity index (χ0v) is 9.74.